The Balaban J connectivity index is 2.77. The van der Waals surface area contributed by atoms with Crippen LogP contribution < -0.4 is 5.32 Å². The summed E-state index contributed by atoms with van der Waals surface area (Å²) < 4.78 is 0. The van der Waals surface area contributed by atoms with Gasteiger partial charge in [-0.05, 0) is 19.8 Å². The first kappa shape index (κ1) is 15.8. The maximum Gasteiger partial charge on any atom is 0.137 e. The minimum absolute atomic E-state index is 0.114. The minimum Gasteiger partial charge on any atom is -0.370 e. The Bertz CT molecular complexity index is 470. The molecule has 0 radical (unpaired) electrons. The van der Waals surface area contributed by atoms with Crippen molar-refractivity contribution in [3.8, 4) is 12.3 Å². The molecule has 0 bridgehead atoms. The molecule has 1 aromatic heterocycles. The van der Waals surface area contributed by atoms with Gasteiger partial charge in [0.25, 0.3) is 0 Å². The Morgan fingerprint density at radius 1 is 1.26 bits per heavy atom. The molecule has 0 saturated carbocycles. The van der Waals surface area contributed by atoms with E-state index in [4.69, 9.17) is 18.0 Å². The van der Waals surface area contributed by atoms with Crippen molar-refractivity contribution in [3.05, 3.63) is 16.5 Å². The van der Waals surface area contributed by atoms with Gasteiger partial charge in [-0.2, -0.15) is 0 Å². The molecule has 0 aromatic carbocycles. The molecular weight excluding hydrogens is 258 g/mol. The van der Waals surface area contributed by atoms with Crippen LogP contribution in [-0.4, -0.2) is 16.5 Å². The fourth-order valence-electron chi connectivity index (χ4n) is 1.56. The Kier molecular flexibility index (Phi) is 5.62. The van der Waals surface area contributed by atoms with Crippen LogP contribution in [0.2, 0.25) is 5.15 Å². The molecular formula is C15H22ClN3. The van der Waals surface area contributed by atoms with Gasteiger partial charge >= 0.3 is 0 Å². The molecule has 4 heteroatoms. The highest BCUT2D eigenvalue weighted by atomic mass is 35.5. The molecule has 0 unspecified atom stereocenters. The Morgan fingerprint density at radius 2 is 1.95 bits per heavy atom. The quantitative estimate of drug-likeness (QED) is 0.504. The molecule has 0 aliphatic carbocycles. The number of halogens is 1. The lowest BCUT2D eigenvalue weighted by Crippen LogP contribution is -2.18. The van der Waals surface area contributed by atoms with Gasteiger partial charge in [-0.25, -0.2) is 9.97 Å². The van der Waals surface area contributed by atoms with Gasteiger partial charge in [-0.3, -0.25) is 0 Å². The van der Waals surface area contributed by atoms with Crippen LogP contribution in [0.15, 0.2) is 0 Å². The van der Waals surface area contributed by atoms with Crippen molar-refractivity contribution in [3.63, 3.8) is 0 Å². The number of anilines is 1. The van der Waals surface area contributed by atoms with Crippen LogP contribution in [0.25, 0.3) is 0 Å². The lowest BCUT2D eigenvalue weighted by molar-refractivity contribution is 0.545. The van der Waals surface area contributed by atoms with Crippen molar-refractivity contribution < 1.29 is 0 Å². The summed E-state index contributed by atoms with van der Waals surface area (Å²) in [5.74, 6) is 4.22. The smallest absolute Gasteiger partial charge is 0.137 e. The molecule has 1 N–H and O–H groups in total. The number of unbranched alkanes of at least 4 members (excludes halogenated alkanes) is 2. The Labute approximate surface area is 121 Å². The predicted octanol–water partition coefficient (Wildman–Crippen LogP) is 3.95. The highest BCUT2D eigenvalue weighted by Crippen LogP contribution is 2.25. The normalized spacial score (nSPS) is 11.2. The third-order valence-electron chi connectivity index (χ3n) is 2.80. The highest BCUT2D eigenvalue weighted by Gasteiger charge is 2.20. The lowest BCUT2D eigenvalue weighted by atomic mass is 9.95. The number of hydrogen-bond donors (Lipinski definition) is 1. The van der Waals surface area contributed by atoms with E-state index in [0.29, 0.717) is 5.15 Å². The van der Waals surface area contributed by atoms with Crippen LogP contribution in [0, 0.1) is 19.3 Å². The number of nitrogens with one attached hydrogen (secondary N) is 1. The van der Waals surface area contributed by atoms with Crippen LogP contribution in [0.1, 0.15) is 51.4 Å². The zero-order valence-corrected chi connectivity index (χ0v) is 12.9. The summed E-state index contributed by atoms with van der Waals surface area (Å²) in [6, 6.07) is 0. The average Bonchev–Trinajstić information content (AvgIpc) is 2.32. The molecule has 0 aliphatic heterocycles. The fourth-order valence-corrected chi connectivity index (χ4v) is 1.73. The van der Waals surface area contributed by atoms with Crippen molar-refractivity contribution in [2.75, 3.05) is 11.9 Å². The van der Waals surface area contributed by atoms with E-state index in [9.17, 15) is 0 Å². The van der Waals surface area contributed by atoms with Gasteiger partial charge in [0.2, 0.25) is 0 Å². The molecule has 0 aliphatic rings. The molecule has 0 atom stereocenters. The summed E-state index contributed by atoms with van der Waals surface area (Å²) in [7, 11) is 0. The van der Waals surface area contributed by atoms with Crippen LogP contribution >= 0.6 is 11.6 Å². The maximum atomic E-state index is 6.17. The number of terminal acetylenes is 1. The third kappa shape index (κ3) is 4.72. The average molecular weight is 280 g/mol. The lowest BCUT2D eigenvalue weighted by Gasteiger charge is -2.19. The van der Waals surface area contributed by atoms with Crippen LogP contribution in [0.3, 0.4) is 0 Å². The van der Waals surface area contributed by atoms with Crippen molar-refractivity contribution in [2.24, 2.45) is 0 Å². The minimum atomic E-state index is -0.114. The van der Waals surface area contributed by atoms with Gasteiger partial charge in [0, 0.05) is 23.9 Å². The molecule has 0 saturated heterocycles. The fraction of sp³-hybridized carbons (Fsp3) is 0.600. The summed E-state index contributed by atoms with van der Waals surface area (Å²) in [4.78, 5) is 8.93. The van der Waals surface area contributed by atoms with Gasteiger partial charge in [0.1, 0.15) is 16.8 Å². The van der Waals surface area contributed by atoms with E-state index < -0.39 is 0 Å². The molecule has 19 heavy (non-hydrogen) atoms. The number of nitrogens with zero attached hydrogens (tertiary/aromatic N) is 2. The molecule has 0 fully saturated rings. The summed E-state index contributed by atoms with van der Waals surface area (Å²) in [5, 5.41) is 3.84. The van der Waals surface area contributed by atoms with Gasteiger partial charge in [0.15, 0.2) is 0 Å². The van der Waals surface area contributed by atoms with Crippen molar-refractivity contribution in [1.29, 1.82) is 0 Å². The van der Waals surface area contributed by atoms with E-state index in [0.717, 1.165) is 43.0 Å². The van der Waals surface area contributed by atoms with E-state index in [1.807, 2.05) is 6.92 Å². The van der Waals surface area contributed by atoms with Crippen molar-refractivity contribution >= 4 is 17.4 Å². The first-order chi connectivity index (χ1) is 8.86. The summed E-state index contributed by atoms with van der Waals surface area (Å²) >= 11 is 6.17. The first-order valence-corrected chi connectivity index (χ1v) is 6.96. The number of aromatic nitrogens is 2. The molecule has 0 spiro atoms. The van der Waals surface area contributed by atoms with E-state index in [2.05, 4.69) is 42.0 Å². The second-order valence-electron chi connectivity index (χ2n) is 5.65. The van der Waals surface area contributed by atoms with E-state index in [-0.39, 0.29) is 5.41 Å². The standard InChI is InChI=1S/C15H22ClN3/c1-6-7-8-9-10-17-13-11(2)12(16)18-14(19-13)15(3,4)5/h1H,7-10H2,2-5H3,(H,17,18,19). The monoisotopic (exact) mass is 279 g/mol. The van der Waals surface area contributed by atoms with Crippen molar-refractivity contribution in [1.82, 2.24) is 9.97 Å². The van der Waals surface area contributed by atoms with Gasteiger partial charge < -0.3 is 5.32 Å². The summed E-state index contributed by atoms with van der Waals surface area (Å²) in [6.07, 6.45) is 8.09. The predicted molar refractivity (Wildman–Crippen MR) is 81.7 cm³/mol. The molecule has 1 heterocycles. The topological polar surface area (TPSA) is 37.8 Å². The SMILES string of the molecule is C#CCCCCNc1nc(C(C)(C)C)nc(Cl)c1C. The van der Waals surface area contributed by atoms with Gasteiger partial charge in [0.05, 0.1) is 0 Å². The van der Waals surface area contributed by atoms with Crippen molar-refractivity contribution in [2.45, 2.75) is 52.4 Å². The second kappa shape index (κ2) is 6.77. The van der Waals surface area contributed by atoms with Crippen LogP contribution in [0.4, 0.5) is 5.82 Å². The van der Waals surface area contributed by atoms with E-state index in [1.165, 1.54) is 0 Å². The summed E-state index contributed by atoms with van der Waals surface area (Å²) in [5.41, 5.74) is 0.781. The zero-order chi connectivity index (χ0) is 14.5. The maximum absolute atomic E-state index is 6.17. The summed E-state index contributed by atoms with van der Waals surface area (Å²) in [6.45, 7) is 9.00. The largest absolute Gasteiger partial charge is 0.370 e. The van der Waals surface area contributed by atoms with E-state index >= 15 is 0 Å². The van der Waals surface area contributed by atoms with E-state index in [1.54, 1.807) is 0 Å². The molecule has 3 nitrogen and oxygen atoms in total. The second-order valence-corrected chi connectivity index (χ2v) is 6.01. The van der Waals surface area contributed by atoms with Crippen LogP contribution in [-0.2, 0) is 5.41 Å². The zero-order valence-electron chi connectivity index (χ0n) is 12.2. The number of hydrogen-bond acceptors (Lipinski definition) is 3. The van der Waals surface area contributed by atoms with Crippen LogP contribution in [0.5, 0.6) is 0 Å². The number of rotatable bonds is 5. The molecule has 104 valence electrons. The van der Waals surface area contributed by atoms with Gasteiger partial charge in [-0.1, -0.05) is 32.4 Å². The molecule has 0 amide bonds. The molecule has 1 rings (SSSR count). The Morgan fingerprint density at radius 3 is 2.53 bits per heavy atom. The highest BCUT2D eigenvalue weighted by molar-refractivity contribution is 6.30. The first-order valence-electron chi connectivity index (χ1n) is 6.58. The van der Waals surface area contributed by atoms with Gasteiger partial charge in [-0.15, -0.1) is 12.3 Å². The molecule has 1 aromatic rings. The Hall–Kier alpha value is -1.27. The third-order valence-corrected chi connectivity index (χ3v) is 3.17.